The van der Waals surface area contributed by atoms with Gasteiger partial charge in [0.15, 0.2) is 0 Å². The van der Waals surface area contributed by atoms with Crippen LogP contribution < -0.4 is 10.2 Å². The van der Waals surface area contributed by atoms with E-state index in [9.17, 15) is 14.4 Å². The Hall–Kier alpha value is -3.15. The predicted molar refractivity (Wildman–Crippen MR) is 89.1 cm³/mol. The Morgan fingerprint density at radius 1 is 1.17 bits per heavy atom. The molecule has 1 atom stereocenters. The molecule has 2 N–H and O–H groups in total. The Balaban J connectivity index is 1.82. The highest BCUT2D eigenvalue weighted by Crippen LogP contribution is 2.25. The molecular formula is C18H16N2O4. The molecule has 3 rings (SSSR count). The number of carboxylic acids is 1. The van der Waals surface area contributed by atoms with Crippen LogP contribution in [0.1, 0.15) is 22.3 Å². The van der Waals surface area contributed by atoms with Gasteiger partial charge >= 0.3 is 5.97 Å². The number of aromatic carboxylic acids is 1. The van der Waals surface area contributed by atoms with E-state index in [1.54, 1.807) is 6.07 Å². The molecule has 1 fully saturated rings. The monoisotopic (exact) mass is 324 g/mol. The zero-order chi connectivity index (χ0) is 17.3. The molecule has 0 bridgehead atoms. The van der Waals surface area contributed by atoms with Crippen LogP contribution in [0, 0.1) is 6.92 Å². The van der Waals surface area contributed by atoms with Gasteiger partial charge in [-0.15, -0.1) is 0 Å². The van der Waals surface area contributed by atoms with Gasteiger partial charge in [0.05, 0.1) is 17.7 Å². The van der Waals surface area contributed by atoms with Crippen molar-refractivity contribution < 1.29 is 19.5 Å². The molecule has 6 heteroatoms. The zero-order valence-electron chi connectivity index (χ0n) is 13.0. The summed E-state index contributed by atoms with van der Waals surface area (Å²) in [5, 5.41) is 12.1. The SMILES string of the molecule is Cc1ccc(NC2CC(=O)N(c3cccc(C(=O)O)c3)C2=O)cc1. The van der Waals surface area contributed by atoms with Crippen LogP contribution in [-0.2, 0) is 9.59 Å². The van der Waals surface area contributed by atoms with E-state index in [-0.39, 0.29) is 29.5 Å². The van der Waals surface area contributed by atoms with Crippen LogP contribution in [0.4, 0.5) is 11.4 Å². The van der Waals surface area contributed by atoms with E-state index in [4.69, 9.17) is 5.11 Å². The van der Waals surface area contributed by atoms with Crippen molar-refractivity contribution in [1.29, 1.82) is 0 Å². The number of hydrogen-bond acceptors (Lipinski definition) is 4. The van der Waals surface area contributed by atoms with E-state index in [2.05, 4.69) is 5.32 Å². The van der Waals surface area contributed by atoms with Crippen LogP contribution in [-0.4, -0.2) is 28.9 Å². The molecule has 0 radical (unpaired) electrons. The lowest BCUT2D eigenvalue weighted by Gasteiger charge is -2.16. The maximum Gasteiger partial charge on any atom is 0.335 e. The van der Waals surface area contributed by atoms with Crippen LogP contribution in [0.3, 0.4) is 0 Å². The Labute approximate surface area is 138 Å². The molecule has 1 aliphatic rings. The Morgan fingerprint density at radius 3 is 2.54 bits per heavy atom. The summed E-state index contributed by atoms with van der Waals surface area (Å²) in [7, 11) is 0. The maximum absolute atomic E-state index is 12.6. The molecule has 2 aromatic carbocycles. The van der Waals surface area contributed by atoms with Gasteiger partial charge in [-0.3, -0.25) is 9.59 Å². The fourth-order valence-electron chi connectivity index (χ4n) is 2.64. The number of benzene rings is 2. The average Bonchev–Trinajstić information content (AvgIpc) is 2.83. The Bertz CT molecular complexity index is 814. The largest absolute Gasteiger partial charge is 0.478 e. The van der Waals surface area contributed by atoms with E-state index in [1.165, 1.54) is 18.2 Å². The number of carbonyl (C=O) groups excluding carboxylic acids is 2. The van der Waals surface area contributed by atoms with Crippen LogP contribution in [0.25, 0.3) is 0 Å². The lowest BCUT2D eigenvalue weighted by atomic mass is 10.2. The number of nitrogens with zero attached hydrogens (tertiary/aromatic N) is 1. The van der Waals surface area contributed by atoms with Gasteiger partial charge in [-0.25, -0.2) is 9.69 Å². The molecular weight excluding hydrogens is 308 g/mol. The third-order valence-corrected chi connectivity index (χ3v) is 3.89. The molecule has 1 saturated heterocycles. The molecule has 0 saturated carbocycles. The minimum Gasteiger partial charge on any atom is -0.478 e. The van der Waals surface area contributed by atoms with Crippen molar-refractivity contribution in [2.75, 3.05) is 10.2 Å². The lowest BCUT2D eigenvalue weighted by molar-refractivity contribution is -0.121. The van der Waals surface area contributed by atoms with Gasteiger partial charge in [0.1, 0.15) is 6.04 Å². The number of aryl methyl sites for hydroxylation is 1. The number of carbonyl (C=O) groups is 3. The van der Waals surface area contributed by atoms with Crippen molar-refractivity contribution >= 4 is 29.2 Å². The van der Waals surface area contributed by atoms with E-state index in [1.807, 2.05) is 31.2 Å². The Morgan fingerprint density at radius 2 is 1.88 bits per heavy atom. The fraction of sp³-hybridized carbons (Fsp3) is 0.167. The first-order valence-electron chi connectivity index (χ1n) is 7.49. The van der Waals surface area contributed by atoms with E-state index < -0.39 is 12.0 Å². The molecule has 1 aliphatic heterocycles. The van der Waals surface area contributed by atoms with Crippen LogP contribution in [0.15, 0.2) is 48.5 Å². The van der Waals surface area contributed by atoms with Crippen LogP contribution >= 0.6 is 0 Å². The standard InChI is InChI=1S/C18H16N2O4/c1-11-5-7-13(8-6-11)19-15-10-16(21)20(17(15)22)14-4-2-3-12(9-14)18(23)24/h2-9,15,19H,10H2,1H3,(H,23,24). The van der Waals surface area contributed by atoms with Crippen molar-refractivity contribution in [1.82, 2.24) is 0 Å². The minimum absolute atomic E-state index is 0.0306. The number of amides is 2. The van der Waals surface area contributed by atoms with Gasteiger partial charge < -0.3 is 10.4 Å². The quantitative estimate of drug-likeness (QED) is 0.844. The summed E-state index contributed by atoms with van der Waals surface area (Å²) in [5.74, 6) is -1.85. The second kappa shape index (κ2) is 6.16. The normalized spacial score (nSPS) is 17.2. The molecule has 0 spiro atoms. The smallest absolute Gasteiger partial charge is 0.335 e. The minimum atomic E-state index is -1.11. The summed E-state index contributed by atoms with van der Waals surface area (Å²) in [6.07, 6.45) is 0.0318. The first-order valence-corrected chi connectivity index (χ1v) is 7.49. The average molecular weight is 324 g/mol. The van der Waals surface area contributed by atoms with Crippen LogP contribution in [0.2, 0.25) is 0 Å². The number of anilines is 2. The molecule has 24 heavy (non-hydrogen) atoms. The predicted octanol–water partition coefficient (Wildman–Crippen LogP) is 2.44. The fourth-order valence-corrected chi connectivity index (χ4v) is 2.64. The molecule has 2 aromatic rings. The number of imide groups is 1. The van der Waals surface area contributed by atoms with Gasteiger partial charge in [0.25, 0.3) is 5.91 Å². The maximum atomic E-state index is 12.6. The number of nitrogens with one attached hydrogen (secondary N) is 1. The highest BCUT2D eigenvalue weighted by atomic mass is 16.4. The van der Waals surface area contributed by atoms with Gasteiger partial charge in [-0.1, -0.05) is 23.8 Å². The first-order chi connectivity index (χ1) is 11.5. The summed E-state index contributed by atoms with van der Waals surface area (Å²) in [5.41, 5.74) is 2.16. The van der Waals surface area contributed by atoms with Crippen molar-refractivity contribution in [3.8, 4) is 0 Å². The number of rotatable bonds is 4. The topological polar surface area (TPSA) is 86.7 Å². The van der Waals surface area contributed by atoms with E-state index in [0.29, 0.717) is 0 Å². The van der Waals surface area contributed by atoms with Crippen molar-refractivity contribution in [3.05, 3.63) is 59.7 Å². The molecule has 6 nitrogen and oxygen atoms in total. The highest BCUT2D eigenvalue weighted by molar-refractivity contribution is 6.23. The molecule has 122 valence electrons. The Kier molecular flexibility index (Phi) is 4.04. The van der Waals surface area contributed by atoms with Crippen LogP contribution in [0.5, 0.6) is 0 Å². The summed E-state index contributed by atoms with van der Waals surface area (Å²) >= 11 is 0. The summed E-state index contributed by atoms with van der Waals surface area (Å²) in [4.78, 5) is 36.9. The first kappa shape index (κ1) is 15.7. The summed E-state index contributed by atoms with van der Waals surface area (Å²) in [6, 6.07) is 12.7. The molecule has 1 unspecified atom stereocenters. The third-order valence-electron chi connectivity index (χ3n) is 3.89. The second-order valence-corrected chi connectivity index (χ2v) is 5.69. The molecule has 2 amide bonds. The lowest BCUT2D eigenvalue weighted by Crippen LogP contribution is -2.34. The van der Waals surface area contributed by atoms with E-state index >= 15 is 0 Å². The van der Waals surface area contributed by atoms with Crippen molar-refractivity contribution in [3.63, 3.8) is 0 Å². The highest BCUT2D eigenvalue weighted by Gasteiger charge is 2.39. The second-order valence-electron chi connectivity index (χ2n) is 5.69. The van der Waals surface area contributed by atoms with Crippen molar-refractivity contribution in [2.24, 2.45) is 0 Å². The van der Waals surface area contributed by atoms with Gasteiger partial charge in [-0.05, 0) is 37.3 Å². The third kappa shape index (κ3) is 2.99. The van der Waals surface area contributed by atoms with Gasteiger partial charge in [0.2, 0.25) is 5.91 Å². The number of carboxylic acid groups (broad SMARTS) is 1. The van der Waals surface area contributed by atoms with E-state index in [0.717, 1.165) is 16.2 Å². The summed E-state index contributed by atoms with van der Waals surface area (Å²) in [6.45, 7) is 1.96. The van der Waals surface area contributed by atoms with Gasteiger partial charge in [0, 0.05) is 5.69 Å². The molecule has 0 aliphatic carbocycles. The molecule has 1 heterocycles. The van der Waals surface area contributed by atoms with Crippen molar-refractivity contribution in [2.45, 2.75) is 19.4 Å². The van der Waals surface area contributed by atoms with Gasteiger partial charge in [-0.2, -0.15) is 0 Å². The number of hydrogen-bond donors (Lipinski definition) is 2. The summed E-state index contributed by atoms with van der Waals surface area (Å²) < 4.78 is 0. The molecule has 0 aromatic heterocycles. The zero-order valence-corrected chi connectivity index (χ0v) is 13.0.